The molecule has 4 amide bonds. The summed E-state index contributed by atoms with van der Waals surface area (Å²) in [5.41, 5.74) is 3.14. The fraction of sp³-hybridized carbons (Fsp3) is 0.395. The van der Waals surface area contributed by atoms with E-state index in [-0.39, 0.29) is 59.1 Å². The number of amides is 4. The van der Waals surface area contributed by atoms with Crippen LogP contribution in [0, 0.1) is 0 Å². The SMILES string of the molecule is CC1(C)S[C@@H]2[C@H](NC(=O)C(C(=O)O)c3ccccc3)C(=O)N2[C@H]1C(=O)O.CC1(C)S[C@@H]2[C@H](NC(=O)C(C(=O)Oc3ccc4c(c3)CCC4)c3ccccc3)C(=O)N2[C@H]1C(=O)O.[NaH].[NaH]. The summed E-state index contributed by atoms with van der Waals surface area (Å²) in [6.07, 6.45) is 2.99. The standard InChI is InChI=1S/C26H26N2O6S.C17H18N2O6S.2Na.2H/c1-26(2)20(24(31)32)28-22(30)19(23(28)35-26)27-21(29)18(15-7-4-3-5-8-15)25(33)34-17-12-11-14-9-6-10-16(14)13-17;1-17(2)11(16(24)25)19-13(21)10(14(19)26-17)18-12(20)9(15(22)23)8-6-4-3-5-7-8;;;;/h3-5,7-8,11-13,18-20,23H,6,9-10H2,1-2H3,(H,27,29)(H,31,32);3-7,9-11,14H,1-2H3,(H,18,20)(H,22,23)(H,24,25);;;;/t18?,19-,20+,23-;9?,10-,11+,14-;;;;/m11..../s1. The van der Waals surface area contributed by atoms with Crippen molar-refractivity contribution in [3.05, 3.63) is 101 Å². The summed E-state index contributed by atoms with van der Waals surface area (Å²) in [5.74, 6) is -8.99. The van der Waals surface area contributed by atoms with E-state index in [2.05, 4.69) is 10.6 Å². The van der Waals surface area contributed by atoms with E-state index in [1.807, 2.05) is 12.1 Å². The molecule has 0 saturated carbocycles. The second-order valence-corrected chi connectivity index (χ2v) is 19.9. The van der Waals surface area contributed by atoms with Gasteiger partial charge in [-0.05, 0) is 81.3 Å². The van der Waals surface area contributed by atoms with Gasteiger partial charge in [0.05, 0.1) is 0 Å². The number of benzene rings is 3. The van der Waals surface area contributed by atoms with Gasteiger partial charge in [-0.2, -0.15) is 0 Å². The van der Waals surface area contributed by atoms with Crippen LogP contribution in [0.3, 0.4) is 0 Å². The number of β-lactam (4-membered cyclic amide) rings is 2. The van der Waals surface area contributed by atoms with Crippen LogP contribution in [0.4, 0.5) is 0 Å². The average Bonchev–Trinajstić information content (AvgIpc) is 3.85. The van der Waals surface area contributed by atoms with Gasteiger partial charge in [-0.3, -0.25) is 28.8 Å². The number of nitrogens with one attached hydrogen (secondary N) is 2. The van der Waals surface area contributed by atoms with Gasteiger partial charge < -0.3 is 40.5 Å². The number of carboxylic acid groups (broad SMARTS) is 3. The monoisotopic (exact) mass is 920 g/mol. The van der Waals surface area contributed by atoms with Crippen LogP contribution in [0.2, 0.25) is 0 Å². The topological polar surface area (TPSA) is 237 Å². The summed E-state index contributed by atoms with van der Waals surface area (Å²) in [7, 11) is 0. The predicted octanol–water partition coefficient (Wildman–Crippen LogP) is 1.69. The maximum atomic E-state index is 13.4. The van der Waals surface area contributed by atoms with E-state index in [1.54, 1.807) is 82.3 Å². The molecule has 0 aromatic heterocycles. The fourth-order valence-corrected chi connectivity index (χ4v) is 11.9. The van der Waals surface area contributed by atoms with Crippen LogP contribution in [0.1, 0.15) is 68.2 Å². The van der Waals surface area contributed by atoms with Crippen molar-refractivity contribution in [2.75, 3.05) is 0 Å². The number of aryl methyl sites for hydroxylation is 2. The Balaban J connectivity index is 0.000000240. The number of carbonyl (C=O) groups is 8. The van der Waals surface area contributed by atoms with Crippen LogP contribution >= 0.6 is 23.5 Å². The quantitative estimate of drug-likeness (QED) is 0.0606. The number of ether oxygens (including phenoxy) is 1. The van der Waals surface area contributed by atoms with E-state index >= 15 is 0 Å². The van der Waals surface area contributed by atoms with E-state index in [1.165, 1.54) is 51.0 Å². The zero-order valence-corrected chi connectivity index (χ0v) is 35.1. The average molecular weight is 921 g/mol. The van der Waals surface area contributed by atoms with Crippen LogP contribution in [-0.4, -0.2) is 176 Å². The van der Waals surface area contributed by atoms with Crippen molar-refractivity contribution in [3.8, 4) is 5.75 Å². The Bertz CT molecular complexity index is 2320. The van der Waals surface area contributed by atoms with Gasteiger partial charge >= 0.3 is 83.0 Å². The Hall–Kier alpha value is -3.88. The van der Waals surface area contributed by atoms with E-state index in [9.17, 15) is 53.7 Å². The van der Waals surface area contributed by atoms with Gasteiger partial charge in [-0.25, -0.2) is 9.59 Å². The van der Waals surface area contributed by atoms with Crippen molar-refractivity contribution in [2.45, 2.75) is 103 Å². The molecule has 16 nitrogen and oxygen atoms in total. The number of hydrogen-bond acceptors (Lipinski definition) is 11. The molecule has 2 unspecified atom stereocenters. The third-order valence-electron chi connectivity index (χ3n) is 11.5. The molecule has 5 N–H and O–H groups in total. The number of fused-ring (bicyclic) bond motifs is 3. The Kier molecular flexibility index (Phi) is 15.7. The van der Waals surface area contributed by atoms with E-state index in [4.69, 9.17) is 4.74 Å². The second kappa shape index (κ2) is 19.7. The van der Waals surface area contributed by atoms with E-state index in [0.717, 1.165) is 24.8 Å². The predicted molar refractivity (Wildman–Crippen MR) is 236 cm³/mol. The van der Waals surface area contributed by atoms with Crippen molar-refractivity contribution in [3.63, 3.8) is 0 Å². The van der Waals surface area contributed by atoms with Gasteiger partial charge in [0.1, 0.15) is 40.7 Å². The number of aliphatic carboxylic acids is 3. The number of nitrogens with zero attached hydrogens (tertiary/aromatic N) is 2. The molecular formula is C43H46N4Na2O12S2. The zero-order chi connectivity index (χ0) is 44.1. The number of carboxylic acids is 3. The van der Waals surface area contributed by atoms with Gasteiger partial charge in [0.2, 0.25) is 23.6 Å². The molecule has 4 heterocycles. The molecule has 0 bridgehead atoms. The first-order valence-electron chi connectivity index (χ1n) is 19.5. The van der Waals surface area contributed by atoms with Crippen molar-refractivity contribution >= 4 is 130 Å². The van der Waals surface area contributed by atoms with Crippen molar-refractivity contribution in [1.82, 2.24) is 20.4 Å². The van der Waals surface area contributed by atoms with Gasteiger partial charge in [0.25, 0.3) is 0 Å². The third kappa shape index (κ3) is 9.74. The summed E-state index contributed by atoms with van der Waals surface area (Å²) in [6, 6.07) is 18.3. The summed E-state index contributed by atoms with van der Waals surface area (Å²) in [5, 5.41) is 32.6. The molecule has 0 radical (unpaired) electrons. The van der Waals surface area contributed by atoms with Gasteiger partial charge in [0.15, 0.2) is 11.8 Å². The first-order valence-corrected chi connectivity index (χ1v) is 21.3. The van der Waals surface area contributed by atoms with Crippen LogP contribution in [-0.2, 0) is 51.2 Å². The summed E-state index contributed by atoms with van der Waals surface area (Å²) in [6.45, 7) is 6.99. The molecule has 3 aromatic carbocycles. The summed E-state index contributed by atoms with van der Waals surface area (Å²) >= 11 is 2.62. The van der Waals surface area contributed by atoms with Crippen molar-refractivity contribution in [2.24, 2.45) is 0 Å². The number of carbonyl (C=O) groups excluding carboxylic acids is 5. The van der Waals surface area contributed by atoms with Gasteiger partial charge in [-0.15, -0.1) is 23.5 Å². The molecule has 8 rings (SSSR count). The second-order valence-electron chi connectivity index (χ2n) is 16.4. The molecule has 20 heteroatoms. The minimum atomic E-state index is -1.44. The molecule has 63 heavy (non-hydrogen) atoms. The molecular weight excluding hydrogens is 875 g/mol. The number of rotatable bonds is 11. The van der Waals surface area contributed by atoms with Crippen LogP contribution in [0.5, 0.6) is 5.75 Å². The third-order valence-corrected chi connectivity index (χ3v) is 14.6. The molecule has 0 spiro atoms. The molecule has 1 aliphatic carbocycles. The van der Waals surface area contributed by atoms with Crippen LogP contribution < -0.4 is 15.4 Å². The fourth-order valence-electron chi connectivity index (χ4n) is 8.64. The summed E-state index contributed by atoms with van der Waals surface area (Å²) < 4.78 is 4.21. The minimum absolute atomic E-state index is 0. The normalized spacial score (nSPS) is 25.0. The molecule has 4 aliphatic heterocycles. The van der Waals surface area contributed by atoms with Gasteiger partial charge in [0, 0.05) is 9.49 Å². The first kappa shape index (κ1) is 50.1. The number of esters is 1. The van der Waals surface area contributed by atoms with Crippen LogP contribution in [0.15, 0.2) is 78.9 Å². The number of hydrogen-bond donors (Lipinski definition) is 5. The Morgan fingerprint density at radius 3 is 1.52 bits per heavy atom. The summed E-state index contributed by atoms with van der Waals surface area (Å²) in [4.78, 5) is 102. The first-order chi connectivity index (χ1) is 28.8. The van der Waals surface area contributed by atoms with E-state index in [0.29, 0.717) is 16.9 Å². The maximum absolute atomic E-state index is 13.4. The molecule has 8 atom stereocenters. The Labute approximate surface area is 415 Å². The van der Waals surface area contributed by atoms with E-state index < -0.39 is 104 Å². The zero-order valence-electron chi connectivity index (χ0n) is 33.5. The molecule has 3 aromatic rings. The van der Waals surface area contributed by atoms with Gasteiger partial charge in [-0.1, -0.05) is 66.7 Å². The molecule has 4 fully saturated rings. The van der Waals surface area contributed by atoms with Crippen molar-refractivity contribution < 1.29 is 58.4 Å². The van der Waals surface area contributed by atoms with Crippen molar-refractivity contribution in [1.29, 1.82) is 0 Å². The Morgan fingerprint density at radius 1 is 0.651 bits per heavy atom. The Morgan fingerprint density at radius 2 is 1.08 bits per heavy atom. The molecule has 324 valence electrons. The molecule has 4 saturated heterocycles. The molecule has 5 aliphatic rings. The number of thioether (sulfide) groups is 2. The van der Waals surface area contributed by atoms with Crippen LogP contribution in [0.25, 0.3) is 0 Å².